The van der Waals surface area contributed by atoms with E-state index < -0.39 is 5.97 Å². The number of esters is 1. The molecule has 1 heterocycles. The number of carbonyl (C=O) groups excluding carboxylic acids is 1. The zero-order valence-corrected chi connectivity index (χ0v) is 11.5. The third-order valence-electron chi connectivity index (χ3n) is 3.36. The van der Waals surface area contributed by atoms with Crippen molar-refractivity contribution in [2.45, 2.75) is 20.8 Å². The molecule has 0 saturated heterocycles. The summed E-state index contributed by atoms with van der Waals surface area (Å²) in [5.74, 6) is -0.444. The fourth-order valence-corrected chi connectivity index (χ4v) is 1.93. The van der Waals surface area contributed by atoms with Crippen LogP contribution in [0.5, 0.6) is 0 Å². The Bertz CT molecular complexity index is 636. The van der Waals surface area contributed by atoms with Crippen molar-refractivity contribution in [1.82, 2.24) is 9.97 Å². The van der Waals surface area contributed by atoms with Crippen LogP contribution in [-0.4, -0.2) is 23.0 Å². The van der Waals surface area contributed by atoms with Gasteiger partial charge >= 0.3 is 5.97 Å². The van der Waals surface area contributed by atoms with Crippen LogP contribution in [0.4, 0.5) is 0 Å². The van der Waals surface area contributed by atoms with E-state index in [9.17, 15) is 4.79 Å². The van der Waals surface area contributed by atoms with E-state index in [2.05, 4.69) is 41.5 Å². The van der Waals surface area contributed by atoms with Gasteiger partial charge in [0.15, 0.2) is 0 Å². The summed E-state index contributed by atoms with van der Waals surface area (Å²) in [6, 6.07) is 5.86. The number of benzene rings is 1. The predicted octanol–water partition coefficient (Wildman–Crippen LogP) is 2.86. The van der Waals surface area contributed by atoms with Gasteiger partial charge in [0, 0.05) is 11.8 Å². The van der Waals surface area contributed by atoms with Crippen molar-refractivity contribution in [2.24, 2.45) is 0 Å². The first kappa shape index (κ1) is 13.2. The number of rotatable bonds is 2. The van der Waals surface area contributed by atoms with Crippen LogP contribution in [0.3, 0.4) is 0 Å². The molecule has 4 nitrogen and oxygen atoms in total. The third-order valence-corrected chi connectivity index (χ3v) is 3.36. The SMILES string of the molecule is COC(=O)c1nccc(-c2ccc(C)c(C)c2C)n1. The molecule has 4 heteroatoms. The Morgan fingerprint density at radius 2 is 1.84 bits per heavy atom. The average Bonchev–Trinajstić information content (AvgIpc) is 2.44. The minimum Gasteiger partial charge on any atom is -0.463 e. The number of nitrogens with zero attached hydrogens (tertiary/aromatic N) is 2. The van der Waals surface area contributed by atoms with Crippen molar-refractivity contribution in [3.8, 4) is 11.3 Å². The van der Waals surface area contributed by atoms with Gasteiger partial charge in [-0.2, -0.15) is 0 Å². The van der Waals surface area contributed by atoms with Crippen molar-refractivity contribution >= 4 is 5.97 Å². The number of methoxy groups -OCH3 is 1. The van der Waals surface area contributed by atoms with Gasteiger partial charge in [-0.15, -0.1) is 0 Å². The highest BCUT2D eigenvalue weighted by atomic mass is 16.5. The molecule has 0 N–H and O–H groups in total. The van der Waals surface area contributed by atoms with Crippen molar-refractivity contribution in [3.05, 3.63) is 46.9 Å². The highest BCUT2D eigenvalue weighted by Crippen LogP contribution is 2.25. The normalized spacial score (nSPS) is 10.3. The van der Waals surface area contributed by atoms with Gasteiger partial charge in [-0.25, -0.2) is 14.8 Å². The van der Waals surface area contributed by atoms with Gasteiger partial charge in [-0.3, -0.25) is 0 Å². The maximum atomic E-state index is 11.5. The van der Waals surface area contributed by atoms with Crippen LogP contribution in [0.15, 0.2) is 24.4 Å². The molecule has 0 aliphatic carbocycles. The number of hydrogen-bond donors (Lipinski definition) is 0. The molecule has 0 bridgehead atoms. The maximum absolute atomic E-state index is 11.5. The van der Waals surface area contributed by atoms with Gasteiger partial charge in [-0.05, 0) is 43.5 Å². The standard InChI is InChI=1S/C15H16N2O2/c1-9-5-6-12(11(3)10(9)2)13-7-8-16-14(17-13)15(18)19-4/h5-8H,1-4H3. The molecule has 0 spiro atoms. The van der Waals surface area contributed by atoms with E-state index in [4.69, 9.17) is 0 Å². The van der Waals surface area contributed by atoms with Crippen molar-refractivity contribution in [3.63, 3.8) is 0 Å². The Morgan fingerprint density at radius 1 is 1.11 bits per heavy atom. The second-order valence-electron chi connectivity index (χ2n) is 4.44. The molecule has 19 heavy (non-hydrogen) atoms. The quantitative estimate of drug-likeness (QED) is 0.775. The minimum absolute atomic E-state index is 0.0811. The van der Waals surface area contributed by atoms with E-state index in [1.165, 1.54) is 18.2 Å². The second-order valence-corrected chi connectivity index (χ2v) is 4.44. The maximum Gasteiger partial charge on any atom is 0.376 e. The first-order valence-corrected chi connectivity index (χ1v) is 6.03. The predicted molar refractivity (Wildman–Crippen MR) is 73.0 cm³/mol. The molecular formula is C15H16N2O2. The lowest BCUT2D eigenvalue weighted by atomic mass is 9.97. The number of carbonyl (C=O) groups is 1. The lowest BCUT2D eigenvalue weighted by molar-refractivity contribution is 0.0587. The lowest BCUT2D eigenvalue weighted by Crippen LogP contribution is -2.07. The molecule has 0 saturated carbocycles. The van der Waals surface area contributed by atoms with Crippen molar-refractivity contribution < 1.29 is 9.53 Å². The van der Waals surface area contributed by atoms with Crippen LogP contribution in [0, 0.1) is 20.8 Å². The average molecular weight is 256 g/mol. The molecular weight excluding hydrogens is 240 g/mol. The zero-order valence-electron chi connectivity index (χ0n) is 11.5. The first-order chi connectivity index (χ1) is 9.04. The van der Waals surface area contributed by atoms with E-state index in [1.807, 2.05) is 6.07 Å². The molecule has 0 unspecified atom stereocenters. The molecule has 98 valence electrons. The van der Waals surface area contributed by atoms with Crippen LogP contribution in [-0.2, 0) is 4.74 Å². The van der Waals surface area contributed by atoms with Crippen molar-refractivity contribution in [2.75, 3.05) is 7.11 Å². The number of aromatic nitrogens is 2. The Balaban J connectivity index is 2.54. The highest BCUT2D eigenvalue weighted by molar-refractivity contribution is 5.85. The monoisotopic (exact) mass is 256 g/mol. The summed E-state index contributed by atoms with van der Waals surface area (Å²) in [6.45, 7) is 6.21. The summed E-state index contributed by atoms with van der Waals surface area (Å²) in [7, 11) is 1.32. The van der Waals surface area contributed by atoms with E-state index in [0.29, 0.717) is 0 Å². The molecule has 0 aliphatic rings. The third kappa shape index (κ3) is 2.47. The Labute approximate surface area is 112 Å². The van der Waals surface area contributed by atoms with Gasteiger partial charge in [0.25, 0.3) is 0 Å². The molecule has 1 aromatic heterocycles. The zero-order chi connectivity index (χ0) is 14.0. The van der Waals surface area contributed by atoms with E-state index in [0.717, 1.165) is 16.8 Å². The van der Waals surface area contributed by atoms with Crippen LogP contribution in [0.2, 0.25) is 0 Å². The first-order valence-electron chi connectivity index (χ1n) is 6.03. The molecule has 0 fully saturated rings. The summed E-state index contributed by atoms with van der Waals surface area (Å²) in [5.41, 5.74) is 5.38. The van der Waals surface area contributed by atoms with Gasteiger partial charge < -0.3 is 4.74 Å². The van der Waals surface area contributed by atoms with Gasteiger partial charge in [-0.1, -0.05) is 12.1 Å². The smallest absolute Gasteiger partial charge is 0.376 e. The summed E-state index contributed by atoms with van der Waals surface area (Å²) in [6.07, 6.45) is 1.57. The van der Waals surface area contributed by atoms with Crippen LogP contribution >= 0.6 is 0 Å². The molecule has 1 aromatic carbocycles. The van der Waals surface area contributed by atoms with Crippen LogP contribution < -0.4 is 0 Å². The molecule has 0 atom stereocenters. The molecule has 0 radical (unpaired) electrons. The van der Waals surface area contributed by atoms with Gasteiger partial charge in [0.1, 0.15) is 0 Å². The molecule has 2 aromatic rings. The van der Waals surface area contributed by atoms with E-state index in [1.54, 1.807) is 12.3 Å². The Kier molecular flexibility index (Phi) is 3.60. The number of hydrogen-bond acceptors (Lipinski definition) is 4. The summed E-state index contributed by atoms with van der Waals surface area (Å²) in [4.78, 5) is 19.6. The van der Waals surface area contributed by atoms with E-state index in [-0.39, 0.29) is 5.82 Å². The van der Waals surface area contributed by atoms with E-state index >= 15 is 0 Å². The Morgan fingerprint density at radius 3 is 2.53 bits per heavy atom. The largest absolute Gasteiger partial charge is 0.463 e. The summed E-state index contributed by atoms with van der Waals surface area (Å²) in [5, 5.41) is 0. The molecule has 0 amide bonds. The fourth-order valence-electron chi connectivity index (χ4n) is 1.93. The number of ether oxygens (including phenoxy) is 1. The summed E-state index contributed by atoms with van der Waals surface area (Å²) < 4.78 is 4.64. The molecule has 0 aliphatic heterocycles. The topological polar surface area (TPSA) is 52.1 Å². The fraction of sp³-hybridized carbons (Fsp3) is 0.267. The van der Waals surface area contributed by atoms with Crippen LogP contribution in [0.25, 0.3) is 11.3 Å². The summed E-state index contributed by atoms with van der Waals surface area (Å²) >= 11 is 0. The Hall–Kier alpha value is -2.23. The van der Waals surface area contributed by atoms with Gasteiger partial charge in [0.2, 0.25) is 5.82 Å². The number of aryl methyl sites for hydroxylation is 1. The molecule has 2 rings (SSSR count). The van der Waals surface area contributed by atoms with Crippen molar-refractivity contribution in [1.29, 1.82) is 0 Å². The minimum atomic E-state index is -0.525. The van der Waals surface area contributed by atoms with Crippen LogP contribution in [0.1, 0.15) is 27.3 Å². The second kappa shape index (κ2) is 5.18. The van der Waals surface area contributed by atoms with Gasteiger partial charge in [0.05, 0.1) is 12.8 Å². The highest BCUT2D eigenvalue weighted by Gasteiger charge is 2.12. The lowest BCUT2D eigenvalue weighted by Gasteiger charge is -2.11.